The van der Waals surface area contributed by atoms with Gasteiger partial charge in [-0.25, -0.2) is 4.98 Å². The number of allylic oxidation sites excluding steroid dienone is 1. The van der Waals surface area contributed by atoms with E-state index in [4.69, 9.17) is 9.47 Å². The van der Waals surface area contributed by atoms with Crippen LogP contribution in [0.25, 0.3) is 16.8 Å². The molecule has 0 bridgehead atoms. The van der Waals surface area contributed by atoms with E-state index in [0.717, 1.165) is 34.0 Å². The normalized spacial score (nSPS) is 12.7. The molecule has 2 heterocycles. The number of hydrogen-bond acceptors (Lipinski definition) is 6. The standard InChI is InChI=1S/C21H17N3O2S/c1-13-4-3-5-17(14(13)2)23-10-16(9-22)21-24-18(11-27-21)15-6-7-19-20(8-15)26-12-25-19/h3-8,10-11,23H,12H2,1-2H3/b16-10+. The van der Waals surface area contributed by atoms with Crippen LogP contribution in [0.2, 0.25) is 0 Å². The zero-order chi connectivity index (χ0) is 18.8. The first-order chi connectivity index (χ1) is 13.2. The van der Waals surface area contributed by atoms with Gasteiger partial charge in [0, 0.05) is 22.8 Å². The number of benzene rings is 2. The fourth-order valence-electron chi connectivity index (χ4n) is 2.79. The van der Waals surface area contributed by atoms with Crippen LogP contribution in [-0.4, -0.2) is 11.8 Å². The lowest BCUT2D eigenvalue weighted by molar-refractivity contribution is 0.174. The van der Waals surface area contributed by atoms with Crippen LogP contribution < -0.4 is 14.8 Å². The molecule has 27 heavy (non-hydrogen) atoms. The largest absolute Gasteiger partial charge is 0.454 e. The zero-order valence-corrected chi connectivity index (χ0v) is 15.8. The molecule has 0 amide bonds. The summed E-state index contributed by atoms with van der Waals surface area (Å²) in [5.41, 5.74) is 5.57. The summed E-state index contributed by atoms with van der Waals surface area (Å²) in [7, 11) is 0. The van der Waals surface area contributed by atoms with E-state index in [2.05, 4.69) is 36.3 Å². The molecule has 134 valence electrons. The van der Waals surface area contributed by atoms with E-state index in [9.17, 15) is 5.26 Å². The fraction of sp³-hybridized carbons (Fsp3) is 0.143. The first-order valence-corrected chi connectivity index (χ1v) is 9.32. The summed E-state index contributed by atoms with van der Waals surface area (Å²) >= 11 is 1.44. The second-order valence-electron chi connectivity index (χ2n) is 6.17. The number of thiazole rings is 1. The monoisotopic (exact) mass is 375 g/mol. The predicted molar refractivity (Wildman–Crippen MR) is 107 cm³/mol. The summed E-state index contributed by atoms with van der Waals surface area (Å²) in [6.45, 7) is 4.36. The highest BCUT2D eigenvalue weighted by Crippen LogP contribution is 2.36. The van der Waals surface area contributed by atoms with E-state index in [0.29, 0.717) is 10.6 Å². The molecule has 0 fully saturated rings. The summed E-state index contributed by atoms with van der Waals surface area (Å²) in [4.78, 5) is 4.62. The highest BCUT2D eigenvalue weighted by Gasteiger charge is 2.16. The van der Waals surface area contributed by atoms with Crippen LogP contribution in [0.5, 0.6) is 11.5 Å². The minimum atomic E-state index is 0.243. The first-order valence-electron chi connectivity index (χ1n) is 8.44. The molecule has 0 aliphatic carbocycles. The first kappa shape index (κ1) is 17.1. The van der Waals surface area contributed by atoms with Crippen molar-refractivity contribution < 1.29 is 9.47 Å². The Morgan fingerprint density at radius 3 is 2.93 bits per heavy atom. The highest BCUT2D eigenvalue weighted by atomic mass is 32.1. The van der Waals surface area contributed by atoms with E-state index in [1.165, 1.54) is 16.9 Å². The molecule has 0 spiro atoms. The van der Waals surface area contributed by atoms with Gasteiger partial charge in [-0.2, -0.15) is 5.26 Å². The molecule has 1 aliphatic rings. The van der Waals surface area contributed by atoms with Gasteiger partial charge in [-0.15, -0.1) is 11.3 Å². The number of aromatic nitrogens is 1. The van der Waals surface area contributed by atoms with Crippen molar-refractivity contribution in [2.45, 2.75) is 13.8 Å². The molecule has 0 saturated carbocycles. The van der Waals surface area contributed by atoms with Crippen molar-refractivity contribution >= 4 is 22.6 Å². The molecule has 0 saturated heterocycles. The minimum Gasteiger partial charge on any atom is -0.454 e. The summed E-state index contributed by atoms with van der Waals surface area (Å²) in [5.74, 6) is 1.46. The van der Waals surface area contributed by atoms with Crippen molar-refractivity contribution in [2.24, 2.45) is 0 Å². The molecule has 6 heteroatoms. The molecule has 0 unspecified atom stereocenters. The Balaban J connectivity index is 1.59. The van der Waals surface area contributed by atoms with Gasteiger partial charge in [-0.1, -0.05) is 12.1 Å². The van der Waals surface area contributed by atoms with E-state index >= 15 is 0 Å². The fourth-order valence-corrected chi connectivity index (χ4v) is 3.58. The molecular weight excluding hydrogens is 358 g/mol. The Morgan fingerprint density at radius 1 is 1.22 bits per heavy atom. The molecule has 2 aromatic carbocycles. The average Bonchev–Trinajstić information content (AvgIpc) is 3.34. The van der Waals surface area contributed by atoms with Gasteiger partial charge in [0.25, 0.3) is 0 Å². The smallest absolute Gasteiger partial charge is 0.231 e. The molecule has 5 nitrogen and oxygen atoms in total. The van der Waals surface area contributed by atoms with Crippen LogP contribution in [-0.2, 0) is 0 Å². The minimum absolute atomic E-state index is 0.243. The summed E-state index contributed by atoms with van der Waals surface area (Å²) < 4.78 is 10.8. The van der Waals surface area contributed by atoms with E-state index in [1.807, 2.05) is 35.7 Å². The number of fused-ring (bicyclic) bond motifs is 1. The van der Waals surface area contributed by atoms with Crippen LogP contribution in [0.1, 0.15) is 16.1 Å². The number of nitriles is 1. The third kappa shape index (κ3) is 3.37. The maximum atomic E-state index is 9.56. The van der Waals surface area contributed by atoms with Gasteiger partial charge in [0.1, 0.15) is 16.6 Å². The lowest BCUT2D eigenvalue weighted by Crippen LogP contribution is -1.95. The number of anilines is 1. The Hall–Kier alpha value is -3.30. The summed E-state index contributed by atoms with van der Waals surface area (Å²) in [6.07, 6.45) is 1.71. The van der Waals surface area contributed by atoms with Crippen molar-refractivity contribution in [2.75, 3.05) is 12.1 Å². The van der Waals surface area contributed by atoms with Crippen molar-refractivity contribution in [3.63, 3.8) is 0 Å². The van der Waals surface area contributed by atoms with Crippen LogP contribution in [0, 0.1) is 25.2 Å². The van der Waals surface area contributed by atoms with Gasteiger partial charge in [0.15, 0.2) is 11.5 Å². The average molecular weight is 375 g/mol. The van der Waals surface area contributed by atoms with E-state index in [-0.39, 0.29) is 6.79 Å². The van der Waals surface area contributed by atoms with Gasteiger partial charge in [0.05, 0.1) is 5.69 Å². The number of nitrogens with one attached hydrogen (secondary N) is 1. The second-order valence-corrected chi connectivity index (χ2v) is 7.03. The SMILES string of the molecule is Cc1cccc(N/C=C(\C#N)c2nc(-c3ccc4c(c3)OCO4)cs2)c1C. The maximum absolute atomic E-state index is 9.56. The lowest BCUT2D eigenvalue weighted by atomic mass is 10.1. The number of ether oxygens (including phenoxy) is 2. The van der Waals surface area contributed by atoms with Crippen LogP contribution in [0.3, 0.4) is 0 Å². The van der Waals surface area contributed by atoms with Gasteiger partial charge < -0.3 is 14.8 Å². The second kappa shape index (κ2) is 7.14. The predicted octanol–water partition coefficient (Wildman–Crippen LogP) is 5.13. The van der Waals surface area contributed by atoms with Crippen LogP contribution in [0.4, 0.5) is 5.69 Å². The Kier molecular flexibility index (Phi) is 4.53. The molecular formula is C21H17N3O2S. The number of hydrogen-bond donors (Lipinski definition) is 1. The van der Waals surface area contributed by atoms with Crippen LogP contribution >= 0.6 is 11.3 Å². The Morgan fingerprint density at radius 2 is 2.07 bits per heavy atom. The van der Waals surface area contributed by atoms with Gasteiger partial charge in [-0.3, -0.25) is 0 Å². The zero-order valence-electron chi connectivity index (χ0n) is 14.9. The number of aryl methyl sites for hydroxylation is 1. The number of rotatable bonds is 4. The third-order valence-electron chi connectivity index (χ3n) is 4.50. The van der Waals surface area contributed by atoms with Crippen molar-refractivity contribution in [1.82, 2.24) is 4.98 Å². The van der Waals surface area contributed by atoms with Crippen molar-refractivity contribution in [3.05, 3.63) is 64.1 Å². The molecule has 1 aromatic heterocycles. The highest BCUT2D eigenvalue weighted by molar-refractivity contribution is 7.11. The van der Waals surface area contributed by atoms with Gasteiger partial charge in [0.2, 0.25) is 6.79 Å². The van der Waals surface area contributed by atoms with E-state index in [1.54, 1.807) is 6.20 Å². The maximum Gasteiger partial charge on any atom is 0.231 e. The summed E-state index contributed by atoms with van der Waals surface area (Å²) in [5, 5.41) is 15.4. The molecule has 3 aromatic rings. The van der Waals surface area contributed by atoms with Crippen LogP contribution in [0.15, 0.2) is 48.0 Å². The number of nitrogens with zero attached hydrogens (tertiary/aromatic N) is 2. The van der Waals surface area contributed by atoms with Gasteiger partial charge in [-0.05, 0) is 49.2 Å². The molecule has 4 rings (SSSR count). The van der Waals surface area contributed by atoms with Crippen molar-refractivity contribution in [1.29, 1.82) is 5.26 Å². The van der Waals surface area contributed by atoms with Gasteiger partial charge >= 0.3 is 0 Å². The molecule has 1 aliphatic heterocycles. The quantitative estimate of drug-likeness (QED) is 0.640. The lowest BCUT2D eigenvalue weighted by Gasteiger charge is -2.08. The molecule has 1 N–H and O–H groups in total. The topological polar surface area (TPSA) is 67.2 Å². The molecule has 0 atom stereocenters. The third-order valence-corrected chi connectivity index (χ3v) is 5.38. The Labute approximate surface area is 161 Å². The van der Waals surface area contributed by atoms with E-state index < -0.39 is 0 Å². The van der Waals surface area contributed by atoms with Crippen molar-refractivity contribution in [3.8, 4) is 28.8 Å². The summed E-state index contributed by atoms with van der Waals surface area (Å²) in [6, 6.07) is 14.0. The Bertz CT molecular complexity index is 1080. The molecule has 0 radical (unpaired) electrons.